The van der Waals surface area contributed by atoms with Crippen LogP contribution >= 0.6 is 11.3 Å². The van der Waals surface area contributed by atoms with E-state index in [2.05, 4.69) is 336 Å². The molecule has 5 atom stereocenters. The van der Waals surface area contributed by atoms with Crippen LogP contribution in [0.2, 0.25) is 0 Å². The Bertz CT molecular complexity index is 6620. The van der Waals surface area contributed by atoms with Crippen LogP contribution < -0.4 is 9.80 Å². The van der Waals surface area contributed by atoms with Gasteiger partial charge in [0, 0.05) is 81.0 Å². The number of thiophene rings is 1. The van der Waals surface area contributed by atoms with Crippen LogP contribution in [0, 0.1) is 47.3 Å². The quantitative estimate of drug-likeness (QED) is 0.135. The van der Waals surface area contributed by atoms with E-state index in [1.54, 1.807) is 22.3 Å². The van der Waals surface area contributed by atoms with Crippen molar-refractivity contribution in [2.24, 2.45) is 47.3 Å². The number of para-hydroxylation sites is 2. The predicted octanol–water partition coefficient (Wildman–Crippen LogP) is 28.8. The molecule has 7 fully saturated rings. The molecule has 2 spiro atoms. The lowest BCUT2D eigenvalue weighted by Crippen LogP contribution is -2.55. The van der Waals surface area contributed by atoms with E-state index in [9.17, 15) is 0 Å². The van der Waals surface area contributed by atoms with E-state index in [1.807, 2.05) is 11.3 Å². The molecule has 9 aliphatic rings. The van der Waals surface area contributed by atoms with Gasteiger partial charge in [-0.05, 0) is 303 Å². The van der Waals surface area contributed by atoms with Gasteiger partial charge in [0.05, 0.1) is 22.4 Å². The zero-order valence-electron chi connectivity index (χ0n) is 61.5. The first kappa shape index (κ1) is 62.3. The van der Waals surface area contributed by atoms with E-state index < -0.39 is 0 Å². The van der Waals surface area contributed by atoms with Gasteiger partial charge < -0.3 is 14.4 Å². The monoisotopic (exact) mass is 1430 g/mol. The molecule has 2 unspecified atom stereocenters. The summed E-state index contributed by atoms with van der Waals surface area (Å²) in [7, 11) is 0. The van der Waals surface area contributed by atoms with Crippen molar-refractivity contribution in [1.29, 1.82) is 0 Å². The van der Waals surface area contributed by atoms with Gasteiger partial charge in [-0.15, -0.1) is 11.3 Å². The Balaban J connectivity index is 0.555. The second-order valence-electron chi connectivity index (χ2n) is 34.2. The van der Waals surface area contributed by atoms with Gasteiger partial charge in [0.2, 0.25) is 0 Å². The zero-order valence-corrected chi connectivity index (χ0v) is 62.4. The molecule has 26 rings (SSSR count). The Kier molecular flexibility index (Phi) is 13.3. The highest BCUT2D eigenvalue weighted by molar-refractivity contribution is 7.25. The summed E-state index contributed by atoms with van der Waals surface area (Å²) in [5.74, 6) is 6.24. The zero-order chi connectivity index (χ0) is 71.7. The summed E-state index contributed by atoms with van der Waals surface area (Å²) in [6.45, 7) is 0. The first-order chi connectivity index (χ1) is 54.4. The largest absolute Gasteiger partial charge is 0.310 e. The minimum Gasteiger partial charge on any atom is -0.310 e. The van der Waals surface area contributed by atoms with Gasteiger partial charge in [-0.1, -0.05) is 218 Å². The Morgan fingerprint density at radius 3 is 1.34 bits per heavy atom. The summed E-state index contributed by atoms with van der Waals surface area (Å²) in [5, 5.41) is 10.2. The maximum atomic E-state index is 2.66. The molecule has 2 aromatic heterocycles. The van der Waals surface area contributed by atoms with Crippen molar-refractivity contribution < 1.29 is 0 Å². The van der Waals surface area contributed by atoms with E-state index in [0.717, 1.165) is 35.3 Å². The SMILES string of the molecule is c1ccc2c(c1)-c1ccc(N(c3ccc(-c4ccc5c(c4)sc4cc(-c6ccc7c(N(c8ccc(-c9ccc(-n%10c%11ccccc%11c%11ccccc%11%10)cc9)cc8)c8ccc9c(c8)C8(c%10ccccc%10-9)[C@H]9CC%10C[C@H](C9)C[C@H]8C%10)cccc7c6)ccc45)cc3)c3cccc4ccccc34)cc1C21[C@H]2CCC3C[C@@H](C2)C[C@H]31. The van der Waals surface area contributed by atoms with Gasteiger partial charge in [0.15, 0.2) is 0 Å². The van der Waals surface area contributed by atoms with Crippen molar-refractivity contribution in [3.8, 4) is 61.3 Å². The molecule has 0 saturated heterocycles. The third-order valence-corrected chi connectivity index (χ3v) is 30.3. The average Bonchev–Trinajstić information content (AvgIpc) is 1.51. The number of nitrogens with zero attached hydrogens (tertiary/aromatic N) is 3. The van der Waals surface area contributed by atoms with Crippen LogP contribution in [0.5, 0.6) is 0 Å². The number of anilines is 6. The van der Waals surface area contributed by atoms with Crippen LogP contribution in [0.15, 0.2) is 322 Å². The lowest BCUT2D eigenvalue weighted by atomic mass is 9.43. The van der Waals surface area contributed by atoms with Gasteiger partial charge >= 0.3 is 0 Å². The molecule has 4 heteroatoms. The van der Waals surface area contributed by atoms with Crippen molar-refractivity contribution >= 4 is 109 Å². The fourth-order valence-electron chi connectivity index (χ4n) is 25.2. The molecule has 7 saturated carbocycles. The highest BCUT2D eigenvalue weighted by atomic mass is 32.1. The normalized spacial score (nSPS) is 23.3. The van der Waals surface area contributed by atoms with Crippen LogP contribution in [0.25, 0.3) is 125 Å². The first-order valence-electron chi connectivity index (χ1n) is 40.8. The lowest BCUT2D eigenvalue weighted by Gasteiger charge is -2.61. The summed E-state index contributed by atoms with van der Waals surface area (Å²) in [4.78, 5) is 5.15. The van der Waals surface area contributed by atoms with Crippen molar-refractivity contribution in [1.82, 2.24) is 4.57 Å². The molecule has 2 heterocycles. The molecule has 0 radical (unpaired) electrons. The topological polar surface area (TPSA) is 11.4 Å². The van der Waals surface area contributed by atoms with Crippen LogP contribution in [0.1, 0.15) is 86.5 Å². The smallest absolute Gasteiger partial charge is 0.0541 e. The number of hydrogen-bond donors (Lipinski definition) is 0. The van der Waals surface area contributed by atoms with Gasteiger partial charge in [-0.2, -0.15) is 0 Å². The second-order valence-corrected chi connectivity index (χ2v) is 35.3. The van der Waals surface area contributed by atoms with E-state index in [4.69, 9.17) is 0 Å². The minimum absolute atomic E-state index is 0.0493. The van der Waals surface area contributed by atoms with Crippen LogP contribution in [0.3, 0.4) is 0 Å². The standard InChI is InChI=1S/C106H81N3S/c1-2-16-84-70(13-1)14-11-25-99(84)107(83-45-50-89-87-18-4-8-22-95(87)106(98(89)63-83)76-37-27-75-52-66(53-76)58-96(75)106)80-40-32-69(33-41-80)72-35-47-92-93-48-36-73(61-104(93)110-103(92)60-72)71-34-46-85-74(59-71)15-12-26-100(85)108(82-44-49-88-86-17-3-7-21-94(86)105(97(88)62-82)77-54-64-51-65(56-77)57-78(105)55-64)79-38-28-67(29-39-79)68-30-42-81(43-31-68)109-101-23-9-5-19-90(101)91-20-6-10-24-102(91)109/h1-26,28-36,38-50,59-66,75-78,96H,27,37,51-58H2/t64-,65?,66-,75?,76-,77-,78+,96+,105?,106?/m0/s1. The summed E-state index contributed by atoms with van der Waals surface area (Å²) in [5.41, 5.74) is 30.5. The fraction of sp³-hybridized carbons (Fsp3) is 0.189. The van der Waals surface area contributed by atoms with E-state index in [-0.39, 0.29) is 10.8 Å². The highest BCUT2D eigenvalue weighted by Crippen LogP contribution is 2.72. The third kappa shape index (κ3) is 8.83. The molecule has 9 aliphatic carbocycles. The lowest BCUT2D eigenvalue weighted by molar-refractivity contribution is -0.0399. The van der Waals surface area contributed by atoms with Crippen LogP contribution in [0.4, 0.5) is 34.1 Å². The summed E-state index contributed by atoms with van der Waals surface area (Å²) >= 11 is 1.92. The third-order valence-electron chi connectivity index (χ3n) is 29.2. The fourth-order valence-corrected chi connectivity index (χ4v) is 26.4. The van der Waals surface area contributed by atoms with E-state index in [0.29, 0.717) is 17.8 Å². The Hall–Kier alpha value is -11.6. The molecule has 17 aromatic rings. The van der Waals surface area contributed by atoms with E-state index >= 15 is 0 Å². The summed E-state index contributed by atoms with van der Waals surface area (Å²) < 4.78 is 5.02. The molecule has 15 aromatic carbocycles. The average molecular weight is 1430 g/mol. The minimum atomic E-state index is 0.0493. The van der Waals surface area contributed by atoms with Crippen molar-refractivity contribution in [3.05, 3.63) is 344 Å². The Morgan fingerprint density at radius 1 is 0.282 bits per heavy atom. The molecular weight excluding hydrogens is 1350 g/mol. The van der Waals surface area contributed by atoms with Gasteiger partial charge in [-0.25, -0.2) is 0 Å². The second kappa shape index (κ2) is 23.5. The number of fused-ring (bicyclic) bond motifs is 15. The molecule has 526 valence electrons. The molecular formula is C106H81N3S. The maximum Gasteiger partial charge on any atom is 0.0541 e. The Morgan fingerprint density at radius 2 is 0.718 bits per heavy atom. The van der Waals surface area contributed by atoms with Crippen LogP contribution in [-0.2, 0) is 10.8 Å². The molecule has 0 N–H and O–H groups in total. The van der Waals surface area contributed by atoms with Crippen LogP contribution in [-0.4, -0.2) is 4.57 Å². The van der Waals surface area contributed by atoms with Crippen molar-refractivity contribution in [3.63, 3.8) is 0 Å². The summed E-state index contributed by atoms with van der Waals surface area (Å²) in [6.07, 6.45) is 13.8. The maximum absolute atomic E-state index is 2.66. The molecule has 7 bridgehead atoms. The molecule has 110 heavy (non-hydrogen) atoms. The van der Waals surface area contributed by atoms with Gasteiger partial charge in [-0.3, -0.25) is 0 Å². The summed E-state index contributed by atoms with van der Waals surface area (Å²) in [6, 6.07) is 124. The Labute approximate surface area is 646 Å². The van der Waals surface area contributed by atoms with Gasteiger partial charge in [0.25, 0.3) is 0 Å². The van der Waals surface area contributed by atoms with E-state index in [1.165, 1.54) is 217 Å². The number of hydrogen-bond acceptors (Lipinski definition) is 3. The molecule has 0 aliphatic heterocycles. The molecule has 0 amide bonds. The molecule has 3 nitrogen and oxygen atoms in total. The highest BCUT2D eigenvalue weighted by Gasteiger charge is 2.64. The number of benzene rings is 15. The predicted molar refractivity (Wildman–Crippen MR) is 461 cm³/mol. The van der Waals surface area contributed by atoms with Gasteiger partial charge in [0.1, 0.15) is 0 Å². The first-order valence-corrected chi connectivity index (χ1v) is 41.6. The van der Waals surface area contributed by atoms with Crippen molar-refractivity contribution in [2.45, 2.75) is 75.0 Å². The van der Waals surface area contributed by atoms with Crippen molar-refractivity contribution in [2.75, 3.05) is 9.80 Å². The number of aromatic nitrogens is 1. The number of rotatable bonds is 10.